The molecule has 0 spiro atoms. The van der Waals surface area contributed by atoms with E-state index in [1.807, 2.05) is 6.07 Å². The largest absolute Gasteiger partial charge is 0.382 e. The Balaban J connectivity index is 1.99. The normalized spacial score (nSPS) is 10.3. The fraction of sp³-hybridized carbons (Fsp3) is 0.167. The lowest BCUT2D eigenvalue weighted by molar-refractivity contribution is 0.938. The number of hydrogen-bond donors (Lipinski definition) is 1. The number of nitrogens with two attached hydrogens (primary N) is 1. The summed E-state index contributed by atoms with van der Waals surface area (Å²) in [5, 5.41) is 8.72. The van der Waals surface area contributed by atoms with Crippen molar-refractivity contribution in [1.29, 1.82) is 0 Å². The highest BCUT2D eigenvalue weighted by atomic mass is 32.2. The molecule has 0 saturated heterocycles. The third-order valence-corrected chi connectivity index (χ3v) is 3.12. The van der Waals surface area contributed by atoms with Gasteiger partial charge < -0.3 is 5.73 Å². The zero-order chi connectivity index (χ0) is 11.4. The molecule has 82 valence electrons. The van der Waals surface area contributed by atoms with Crippen LogP contribution >= 0.6 is 11.8 Å². The van der Waals surface area contributed by atoms with E-state index >= 15 is 0 Å². The van der Waals surface area contributed by atoms with Gasteiger partial charge in [0, 0.05) is 5.75 Å². The molecule has 2 rings (SSSR count). The highest BCUT2D eigenvalue weighted by Crippen LogP contribution is 2.20. The van der Waals surface area contributed by atoms with E-state index in [1.165, 1.54) is 11.1 Å². The molecule has 1 aromatic heterocycles. The minimum Gasteiger partial charge on any atom is -0.382 e. The summed E-state index contributed by atoms with van der Waals surface area (Å²) in [6.45, 7) is 2.09. The minimum absolute atomic E-state index is 0.458. The summed E-state index contributed by atoms with van der Waals surface area (Å²) in [7, 11) is 0. The van der Waals surface area contributed by atoms with Gasteiger partial charge in [-0.15, -0.1) is 10.2 Å². The second-order valence-electron chi connectivity index (χ2n) is 3.57. The van der Waals surface area contributed by atoms with E-state index in [9.17, 15) is 0 Å². The Kier molecular flexibility index (Phi) is 3.41. The highest BCUT2D eigenvalue weighted by molar-refractivity contribution is 7.98. The monoisotopic (exact) mass is 231 g/mol. The second kappa shape index (κ2) is 4.99. The topological polar surface area (TPSA) is 51.8 Å². The van der Waals surface area contributed by atoms with E-state index in [0.717, 1.165) is 10.8 Å². The third-order valence-electron chi connectivity index (χ3n) is 2.13. The molecule has 3 nitrogen and oxygen atoms in total. The predicted octanol–water partition coefficient (Wildman–Crippen LogP) is 2.66. The first-order valence-electron chi connectivity index (χ1n) is 5.01. The van der Waals surface area contributed by atoms with Gasteiger partial charge >= 0.3 is 0 Å². The molecule has 0 unspecified atom stereocenters. The van der Waals surface area contributed by atoms with Crippen LogP contribution in [0.15, 0.2) is 41.4 Å². The number of benzene rings is 1. The van der Waals surface area contributed by atoms with Gasteiger partial charge in [0.15, 0.2) is 0 Å². The van der Waals surface area contributed by atoms with E-state index in [2.05, 4.69) is 41.4 Å². The first kappa shape index (κ1) is 11.0. The maximum atomic E-state index is 5.47. The number of aromatic nitrogens is 2. The molecular formula is C12H13N3S. The van der Waals surface area contributed by atoms with Crippen LogP contribution in [0.3, 0.4) is 0 Å². The van der Waals surface area contributed by atoms with Gasteiger partial charge in [-0.1, -0.05) is 41.6 Å². The van der Waals surface area contributed by atoms with Crippen LogP contribution in [0, 0.1) is 6.92 Å². The van der Waals surface area contributed by atoms with Gasteiger partial charge in [-0.25, -0.2) is 0 Å². The van der Waals surface area contributed by atoms with Crippen LogP contribution in [-0.2, 0) is 5.75 Å². The summed E-state index contributed by atoms with van der Waals surface area (Å²) >= 11 is 1.66. The molecule has 1 aromatic carbocycles. The number of hydrogen-bond acceptors (Lipinski definition) is 4. The van der Waals surface area contributed by atoms with Crippen molar-refractivity contribution in [3.8, 4) is 0 Å². The molecule has 0 atom stereocenters. The smallest absolute Gasteiger partial charge is 0.146 e. The van der Waals surface area contributed by atoms with Crippen LogP contribution < -0.4 is 5.73 Å². The lowest BCUT2D eigenvalue weighted by Gasteiger charge is -2.02. The summed E-state index contributed by atoms with van der Waals surface area (Å²) in [6.07, 6.45) is 0. The predicted molar refractivity (Wildman–Crippen MR) is 67.2 cm³/mol. The van der Waals surface area contributed by atoms with Crippen LogP contribution in [0.1, 0.15) is 11.1 Å². The fourth-order valence-electron chi connectivity index (χ4n) is 1.37. The molecule has 0 aliphatic carbocycles. The van der Waals surface area contributed by atoms with Gasteiger partial charge in [0.2, 0.25) is 0 Å². The zero-order valence-corrected chi connectivity index (χ0v) is 9.87. The maximum Gasteiger partial charge on any atom is 0.146 e. The molecule has 2 aromatic rings. The Morgan fingerprint density at radius 1 is 1.19 bits per heavy atom. The Morgan fingerprint density at radius 2 is 2.06 bits per heavy atom. The average Bonchev–Trinajstić information content (AvgIpc) is 2.28. The van der Waals surface area contributed by atoms with Crippen LogP contribution in [0.5, 0.6) is 0 Å². The van der Waals surface area contributed by atoms with E-state index in [1.54, 1.807) is 17.8 Å². The molecule has 2 N–H and O–H groups in total. The Morgan fingerprint density at radius 3 is 2.75 bits per heavy atom. The van der Waals surface area contributed by atoms with Crippen molar-refractivity contribution >= 4 is 17.6 Å². The SMILES string of the molecule is Cc1cccc(CSc2ccc(N)nn2)c1. The molecule has 4 heteroatoms. The van der Waals surface area contributed by atoms with Crippen LogP contribution in [0.4, 0.5) is 5.82 Å². The zero-order valence-electron chi connectivity index (χ0n) is 9.05. The van der Waals surface area contributed by atoms with E-state index in [-0.39, 0.29) is 0 Å². The van der Waals surface area contributed by atoms with Gasteiger partial charge in [-0.3, -0.25) is 0 Å². The number of aryl methyl sites for hydroxylation is 1. The molecule has 16 heavy (non-hydrogen) atoms. The summed E-state index contributed by atoms with van der Waals surface area (Å²) in [4.78, 5) is 0. The van der Waals surface area contributed by atoms with Crippen molar-refractivity contribution in [3.63, 3.8) is 0 Å². The lowest BCUT2D eigenvalue weighted by atomic mass is 10.2. The third kappa shape index (κ3) is 2.97. The maximum absolute atomic E-state index is 5.47. The van der Waals surface area contributed by atoms with Crippen molar-refractivity contribution in [2.75, 3.05) is 5.73 Å². The number of rotatable bonds is 3. The van der Waals surface area contributed by atoms with Gasteiger partial charge in [0.05, 0.1) is 0 Å². The lowest BCUT2D eigenvalue weighted by Crippen LogP contribution is -1.93. The molecule has 0 aliphatic rings. The average molecular weight is 231 g/mol. The molecule has 0 radical (unpaired) electrons. The van der Waals surface area contributed by atoms with Gasteiger partial charge in [0.25, 0.3) is 0 Å². The van der Waals surface area contributed by atoms with Crippen molar-refractivity contribution < 1.29 is 0 Å². The van der Waals surface area contributed by atoms with Gasteiger partial charge in [-0.2, -0.15) is 0 Å². The molecular weight excluding hydrogens is 218 g/mol. The molecule has 0 saturated carbocycles. The summed E-state index contributed by atoms with van der Waals surface area (Å²) in [6, 6.07) is 12.1. The molecule has 0 fully saturated rings. The molecule has 0 bridgehead atoms. The first-order valence-corrected chi connectivity index (χ1v) is 6.00. The fourth-order valence-corrected chi connectivity index (χ4v) is 2.12. The molecule has 0 aliphatic heterocycles. The quantitative estimate of drug-likeness (QED) is 0.825. The summed E-state index contributed by atoms with van der Waals surface area (Å²) in [5.74, 6) is 1.36. The minimum atomic E-state index is 0.458. The Hall–Kier alpha value is -1.55. The van der Waals surface area contributed by atoms with Crippen LogP contribution in [0.2, 0.25) is 0 Å². The van der Waals surface area contributed by atoms with Crippen molar-refractivity contribution in [1.82, 2.24) is 10.2 Å². The van der Waals surface area contributed by atoms with Crippen LogP contribution in [-0.4, -0.2) is 10.2 Å². The number of thioether (sulfide) groups is 1. The van der Waals surface area contributed by atoms with E-state index < -0.39 is 0 Å². The number of anilines is 1. The van der Waals surface area contributed by atoms with Crippen molar-refractivity contribution in [2.24, 2.45) is 0 Å². The van der Waals surface area contributed by atoms with E-state index in [0.29, 0.717) is 5.82 Å². The highest BCUT2D eigenvalue weighted by Gasteiger charge is 1.98. The second-order valence-corrected chi connectivity index (χ2v) is 4.57. The first-order chi connectivity index (χ1) is 7.74. The Bertz CT molecular complexity index is 468. The van der Waals surface area contributed by atoms with Gasteiger partial charge in [0.1, 0.15) is 10.8 Å². The van der Waals surface area contributed by atoms with Crippen molar-refractivity contribution in [2.45, 2.75) is 17.7 Å². The molecule has 1 heterocycles. The van der Waals surface area contributed by atoms with E-state index in [4.69, 9.17) is 5.73 Å². The molecule has 0 amide bonds. The summed E-state index contributed by atoms with van der Waals surface area (Å²) < 4.78 is 0. The van der Waals surface area contributed by atoms with Crippen LogP contribution in [0.25, 0.3) is 0 Å². The Labute approximate surface area is 99.1 Å². The van der Waals surface area contributed by atoms with Gasteiger partial charge in [-0.05, 0) is 24.6 Å². The summed E-state index contributed by atoms with van der Waals surface area (Å²) in [5.41, 5.74) is 8.05. The number of nitrogen functional groups attached to an aromatic ring is 1. The standard InChI is InChI=1S/C12H13N3S/c1-9-3-2-4-10(7-9)8-16-12-6-5-11(13)14-15-12/h2-7H,8H2,1H3,(H2,13,14). The van der Waals surface area contributed by atoms with Crippen molar-refractivity contribution in [3.05, 3.63) is 47.5 Å². The number of nitrogens with zero attached hydrogens (tertiary/aromatic N) is 2.